The van der Waals surface area contributed by atoms with E-state index in [4.69, 9.17) is 0 Å². The van der Waals surface area contributed by atoms with Crippen molar-refractivity contribution in [1.82, 2.24) is 0 Å². The zero-order chi connectivity index (χ0) is 0. The number of hydrogen-bond donors (Lipinski definition) is 0. The molecule has 0 aliphatic rings. The predicted molar refractivity (Wildman–Crippen MR) is 31.0 cm³/mol. The van der Waals surface area contributed by atoms with Gasteiger partial charge in [-0.05, 0) is 0 Å². The first kappa shape index (κ1) is 35.4. The molecule has 0 atom stereocenters. The maximum atomic E-state index is 0. The second-order valence-corrected chi connectivity index (χ2v) is 0. The summed E-state index contributed by atoms with van der Waals surface area (Å²) >= 11 is 0. The van der Waals surface area contributed by atoms with E-state index < -0.39 is 0 Å². The van der Waals surface area contributed by atoms with Gasteiger partial charge in [0, 0.05) is 0 Å². The molecule has 26 valence electrons. The molecular weight excluding hydrogens is 214 g/mol. The SMILES string of the molecule is Cl.Cl.[H-].[H-].[Mg+2].[SnH2]. The number of halogens is 2. The van der Waals surface area contributed by atoms with E-state index in [1.54, 1.807) is 0 Å². The zero-order valence-corrected chi connectivity index (χ0v) is 9.31. The Balaban J connectivity index is 0. The molecule has 0 aliphatic heterocycles. The van der Waals surface area contributed by atoms with E-state index in [-0.39, 0.29) is 74.6 Å². The average molecular weight is 220 g/mol. The van der Waals surface area contributed by atoms with E-state index in [9.17, 15) is 0 Å². The fourth-order valence-corrected chi connectivity index (χ4v) is 0. The molecule has 0 bridgehead atoms. The van der Waals surface area contributed by atoms with E-state index in [1.165, 1.54) is 0 Å². The van der Waals surface area contributed by atoms with Crippen LogP contribution in [0, 0.1) is 0 Å². The van der Waals surface area contributed by atoms with Gasteiger partial charge in [-0.3, -0.25) is 0 Å². The van der Waals surface area contributed by atoms with Crippen LogP contribution in [0.1, 0.15) is 2.85 Å². The van der Waals surface area contributed by atoms with Crippen molar-refractivity contribution in [3.05, 3.63) is 0 Å². The number of hydrogen-bond acceptors (Lipinski definition) is 0. The Labute approximate surface area is 74.0 Å². The Hall–Kier alpha value is 2.14. The van der Waals surface area contributed by atoms with Gasteiger partial charge in [-0.2, -0.15) is 0 Å². The van der Waals surface area contributed by atoms with Gasteiger partial charge >= 0.3 is 47.0 Å². The van der Waals surface area contributed by atoms with Crippen molar-refractivity contribution in [3.63, 3.8) is 0 Å². The summed E-state index contributed by atoms with van der Waals surface area (Å²) in [6.45, 7) is 0. The summed E-state index contributed by atoms with van der Waals surface area (Å²) in [7, 11) is 0. The van der Waals surface area contributed by atoms with Gasteiger partial charge in [-0.15, -0.1) is 24.8 Å². The van der Waals surface area contributed by atoms with Gasteiger partial charge in [-0.25, -0.2) is 0 Å². The molecule has 0 amide bonds. The van der Waals surface area contributed by atoms with Crippen molar-refractivity contribution in [1.29, 1.82) is 0 Å². The van der Waals surface area contributed by atoms with Crippen molar-refractivity contribution in [2.45, 2.75) is 0 Å². The first-order chi connectivity index (χ1) is 0. The number of rotatable bonds is 0. The molecule has 0 N–H and O–H groups in total. The van der Waals surface area contributed by atoms with Crippen molar-refractivity contribution in [2.24, 2.45) is 0 Å². The Morgan fingerprint density at radius 3 is 1.00 bits per heavy atom. The van der Waals surface area contributed by atoms with Crippen LogP contribution in [0.5, 0.6) is 0 Å². The predicted octanol–water partition coefficient (Wildman–Crippen LogP) is -0.228. The van der Waals surface area contributed by atoms with E-state index in [0.717, 1.165) is 0 Å². The summed E-state index contributed by atoms with van der Waals surface area (Å²) < 4.78 is 0. The first-order valence-electron chi connectivity index (χ1n) is 0. The molecule has 4 heteroatoms. The molecule has 0 unspecified atom stereocenters. The standard InChI is InChI=1S/2ClH.Mg.Sn.4H/h2*1H;;;;;;/q;;+2;;;;2*-1. The zero-order valence-electron chi connectivity index (χ0n) is 4.23. The topological polar surface area (TPSA) is 0 Å². The average Bonchev–Trinajstić information content (AvgIpc) is 0. The molecule has 0 aromatic carbocycles. The van der Waals surface area contributed by atoms with E-state index in [1.807, 2.05) is 0 Å². The normalized spacial score (nSPS) is 0. The van der Waals surface area contributed by atoms with Crippen LogP contribution >= 0.6 is 24.8 Å². The Morgan fingerprint density at radius 2 is 1.00 bits per heavy atom. The summed E-state index contributed by atoms with van der Waals surface area (Å²) in [6.07, 6.45) is 0. The van der Waals surface area contributed by atoms with Crippen LogP contribution < -0.4 is 0 Å². The molecule has 2 radical (unpaired) electrons. The third kappa shape index (κ3) is 8.91. The second kappa shape index (κ2) is 19.2. The molecule has 0 spiro atoms. The van der Waals surface area contributed by atoms with Crippen LogP contribution in [0.25, 0.3) is 0 Å². The monoisotopic (exact) mass is 220 g/mol. The fraction of sp³-hybridized carbons (Fsp3) is 0. The molecule has 0 rings (SSSR count). The summed E-state index contributed by atoms with van der Waals surface area (Å²) in [5.41, 5.74) is 0. The van der Waals surface area contributed by atoms with E-state index >= 15 is 0 Å². The van der Waals surface area contributed by atoms with Crippen molar-refractivity contribution < 1.29 is 2.85 Å². The molecule has 0 nitrogen and oxygen atoms in total. The minimum atomic E-state index is 0. The molecule has 0 aromatic rings. The second-order valence-electron chi connectivity index (χ2n) is 0. The van der Waals surface area contributed by atoms with Crippen LogP contribution in [-0.4, -0.2) is 47.0 Å². The summed E-state index contributed by atoms with van der Waals surface area (Å²) in [5.74, 6) is 0. The molecule has 0 saturated carbocycles. The molecule has 0 aliphatic carbocycles. The van der Waals surface area contributed by atoms with Gasteiger partial charge in [-0.1, -0.05) is 0 Å². The van der Waals surface area contributed by atoms with Crippen LogP contribution in [0.3, 0.4) is 0 Å². The van der Waals surface area contributed by atoms with Gasteiger partial charge < -0.3 is 2.85 Å². The van der Waals surface area contributed by atoms with Crippen molar-refractivity contribution >= 4 is 71.8 Å². The molecule has 0 heterocycles. The molecular formula is H6Cl2MgSn. The van der Waals surface area contributed by atoms with Crippen LogP contribution in [0.2, 0.25) is 0 Å². The fourth-order valence-electron chi connectivity index (χ4n) is 0. The van der Waals surface area contributed by atoms with Gasteiger partial charge in [0.25, 0.3) is 0 Å². The Kier molecular flexibility index (Phi) is 170. The van der Waals surface area contributed by atoms with Gasteiger partial charge in [0.05, 0.1) is 0 Å². The van der Waals surface area contributed by atoms with Crippen LogP contribution in [0.4, 0.5) is 0 Å². The molecule has 0 saturated heterocycles. The van der Waals surface area contributed by atoms with Crippen molar-refractivity contribution in [3.8, 4) is 0 Å². The van der Waals surface area contributed by atoms with Crippen molar-refractivity contribution in [2.75, 3.05) is 0 Å². The summed E-state index contributed by atoms with van der Waals surface area (Å²) in [5, 5.41) is 0. The summed E-state index contributed by atoms with van der Waals surface area (Å²) in [6, 6.07) is 0. The molecule has 4 heavy (non-hydrogen) atoms. The third-order valence-corrected chi connectivity index (χ3v) is 0. The Bertz CT molecular complexity index is 11.5. The maximum absolute atomic E-state index is 0. The van der Waals surface area contributed by atoms with Gasteiger partial charge in [0.15, 0.2) is 0 Å². The van der Waals surface area contributed by atoms with E-state index in [0.29, 0.717) is 0 Å². The summed E-state index contributed by atoms with van der Waals surface area (Å²) in [4.78, 5) is 0. The van der Waals surface area contributed by atoms with Crippen LogP contribution in [-0.2, 0) is 0 Å². The van der Waals surface area contributed by atoms with Gasteiger partial charge in [0.1, 0.15) is 0 Å². The van der Waals surface area contributed by atoms with Gasteiger partial charge in [0.2, 0.25) is 0 Å². The molecule has 0 fully saturated rings. The Morgan fingerprint density at radius 1 is 1.00 bits per heavy atom. The van der Waals surface area contributed by atoms with Crippen LogP contribution in [0.15, 0.2) is 0 Å². The quantitative estimate of drug-likeness (QED) is 0.495. The van der Waals surface area contributed by atoms with E-state index in [2.05, 4.69) is 0 Å². The molecule has 0 aromatic heterocycles. The minimum absolute atomic E-state index is 0. The third-order valence-electron chi connectivity index (χ3n) is 0. The first-order valence-corrected chi connectivity index (χ1v) is 0.